The van der Waals surface area contributed by atoms with Gasteiger partial charge in [0.15, 0.2) is 0 Å². The van der Waals surface area contributed by atoms with Crippen molar-refractivity contribution in [2.75, 3.05) is 6.54 Å². The molecule has 2 fully saturated rings. The predicted octanol–water partition coefficient (Wildman–Crippen LogP) is 4.57. The third-order valence-electron chi connectivity index (χ3n) is 5.65. The summed E-state index contributed by atoms with van der Waals surface area (Å²) >= 11 is 0. The molecule has 2 bridgehead atoms. The molecule has 0 saturated heterocycles. The molecule has 2 nitrogen and oxygen atoms in total. The Kier molecular flexibility index (Phi) is 4.63. The molecule has 1 heterocycles. The first kappa shape index (κ1) is 15.0. The molecule has 0 aliphatic heterocycles. The van der Waals surface area contributed by atoms with Crippen molar-refractivity contribution in [3.8, 4) is 0 Å². The van der Waals surface area contributed by atoms with E-state index >= 15 is 0 Å². The Labute approximate surface area is 129 Å². The van der Waals surface area contributed by atoms with E-state index in [0.717, 1.165) is 24.3 Å². The first-order chi connectivity index (χ1) is 10.2. The molecule has 116 valence electrons. The molecule has 2 aliphatic carbocycles. The van der Waals surface area contributed by atoms with Gasteiger partial charge in [-0.3, -0.25) is 4.98 Å². The van der Waals surface area contributed by atoms with Crippen molar-refractivity contribution < 1.29 is 0 Å². The molecule has 3 rings (SSSR count). The van der Waals surface area contributed by atoms with Crippen molar-refractivity contribution in [3.63, 3.8) is 0 Å². The third kappa shape index (κ3) is 3.31. The summed E-state index contributed by atoms with van der Waals surface area (Å²) in [6, 6.07) is 2.74. The Bertz CT molecular complexity index is 482. The van der Waals surface area contributed by atoms with Crippen molar-refractivity contribution in [1.82, 2.24) is 10.3 Å². The Morgan fingerprint density at radius 2 is 2.14 bits per heavy atom. The Balaban J connectivity index is 1.74. The molecule has 21 heavy (non-hydrogen) atoms. The zero-order valence-corrected chi connectivity index (χ0v) is 13.9. The average molecular weight is 286 g/mol. The summed E-state index contributed by atoms with van der Waals surface area (Å²) in [5, 5.41) is 3.77. The SMILES string of the molecule is CCCNC(CC1CC2CCC1C2)c1ncc(C)cc1C. The zero-order chi connectivity index (χ0) is 14.8. The molecule has 0 radical (unpaired) electrons. The zero-order valence-electron chi connectivity index (χ0n) is 13.9. The maximum atomic E-state index is 4.77. The van der Waals surface area contributed by atoms with E-state index in [1.807, 2.05) is 6.20 Å². The number of nitrogens with zero attached hydrogens (tertiary/aromatic N) is 1. The highest BCUT2D eigenvalue weighted by molar-refractivity contribution is 5.25. The summed E-state index contributed by atoms with van der Waals surface area (Å²) in [5.41, 5.74) is 3.91. The summed E-state index contributed by atoms with van der Waals surface area (Å²) in [5.74, 6) is 2.98. The lowest BCUT2D eigenvalue weighted by atomic mass is 9.83. The number of fused-ring (bicyclic) bond motifs is 2. The minimum Gasteiger partial charge on any atom is -0.309 e. The van der Waals surface area contributed by atoms with Crippen LogP contribution >= 0.6 is 0 Å². The van der Waals surface area contributed by atoms with Crippen LogP contribution in [0.2, 0.25) is 0 Å². The molecule has 1 aromatic heterocycles. The molecular weight excluding hydrogens is 256 g/mol. The highest BCUT2D eigenvalue weighted by atomic mass is 14.9. The fourth-order valence-electron chi connectivity index (χ4n) is 4.67. The van der Waals surface area contributed by atoms with E-state index in [2.05, 4.69) is 32.2 Å². The van der Waals surface area contributed by atoms with Crippen LogP contribution in [-0.2, 0) is 0 Å². The van der Waals surface area contributed by atoms with Crippen LogP contribution in [-0.4, -0.2) is 11.5 Å². The van der Waals surface area contributed by atoms with Crippen molar-refractivity contribution >= 4 is 0 Å². The topological polar surface area (TPSA) is 24.9 Å². The maximum absolute atomic E-state index is 4.77. The lowest BCUT2D eigenvalue weighted by molar-refractivity contribution is 0.277. The Morgan fingerprint density at radius 3 is 2.76 bits per heavy atom. The number of pyridine rings is 1. The van der Waals surface area contributed by atoms with Crippen molar-refractivity contribution in [2.45, 2.75) is 65.3 Å². The predicted molar refractivity (Wildman–Crippen MR) is 88.3 cm³/mol. The summed E-state index contributed by atoms with van der Waals surface area (Å²) in [6.07, 6.45) is 10.5. The number of aryl methyl sites for hydroxylation is 2. The lowest BCUT2D eigenvalue weighted by Gasteiger charge is -2.28. The van der Waals surface area contributed by atoms with E-state index in [9.17, 15) is 0 Å². The second-order valence-electron chi connectivity index (χ2n) is 7.39. The van der Waals surface area contributed by atoms with Gasteiger partial charge in [0.25, 0.3) is 0 Å². The molecule has 4 unspecified atom stereocenters. The minimum atomic E-state index is 0.454. The maximum Gasteiger partial charge on any atom is 0.0602 e. The molecule has 4 atom stereocenters. The van der Waals surface area contributed by atoms with Crippen LogP contribution in [0.15, 0.2) is 12.3 Å². The van der Waals surface area contributed by atoms with Crippen LogP contribution in [0.25, 0.3) is 0 Å². The van der Waals surface area contributed by atoms with E-state index < -0.39 is 0 Å². The quantitative estimate of drug-likeness (QED) is 0.829. The standard InChI is InChI=1S/C19H30N2/c1-4-7-20-18(19-14(3)8-13(2)12-21-19)11-17-10-15-5-6-16(17)9-15/h8,12,15-18,20H,4-7,9-11H2,1-3H3. The van der Waals surface area contributed by atoms with Gasteiger partial charge in [-0.1, -0.05) is 19.4 Å². The Morgan fingerprint density at radius 1 is 1.29 bits per heavy atom. The van der Waals surface area contributed by atoms with Gasteiger partial charge in [0.05, 0.1) is 11.7 Å². The third-order valence-corrected chi connectivity index (χ3v) is 5.65. The fraction of sp³-hybridized carbons (Fsp3) is 0.737. The fourth-order valence-corrected chi connectivity index (χ4v) is 4.67. The smallest absolute Gasteiger partial charge is 0.0602 e. The summed E-state index contributed by atoms with van der Waals surface area (Å²) < 4.78 is 0. The van der Waals surface area contributed by atoms with E-state index in [4.69, 9.17) is 4.98 Å². The molecule has 0 amide bonds. The monoisotopic (exact) mass is 286 g/mol. The van der Waals surface area contributed by atoms with Gasteiger partial charge in [0.1, 0.15) is 0 Å². The highest BCUT2D eigenvalue weighted by Crippen LogP contribution is 2.50. The van der Waals surface area contributed by atoms with Crippen LogP contribution in [0, 0.1) is 31.6 Å². The summed E-state index contributed by atoms with van der Waals surface area (Å²) in [4.78, 5) is 4.77. The first-order valence-electron chi connectivity index (χ1n) is 8.84. The van der Waals surface area contributed by atoms with Gasteiger partial charge in [0, 0.05) is 6.20 Å². The normalized spacial score (nSPS) is 29.0. The number of nitrogens with one attached hydrogen (secondary N) is 1. The molecule has 1 N–H and O–H groups in total. The minimum absolute atomic E-state index is 0.454. The van der Waals surface area contributed by atoms with E-state index in [1.54, 1.807) is 0 Å². The number of rotatable bonds is 6. The molecule has 0 aromatic carbocycles. The largest absolute Gasteiger partial charge is 0.309 e. The van der Waals surface area contributed by atoms with Gasteiger partial charge in [-0.05, 0) is 81.4 Å². The van der Waals surface area contributed by atoms with Crippen LogP contribution in [0.1, 0.15) is 68.3 Å². The number of aromatic nitrogens is 1. The number of hydrogen-bond acceptors (Lipinski definition) is 2. The van der Waals surface area contributed by atoms with Crippen molar-refractivity contribution in [2.24, 2.45) is 17.8 Å². The summed E-state index contributed by atoms with van der Waals surface area (Å²) in [7, 11) is 0. The van der Waals surface area contributed by atoms with E-state index in [1.165, 1.54) is 55.3 Å². The van der Waals surface area contributed by atoms with Crippen LogP contribution in [0.5, 0.6) is 0 Å². The second kappa shape index (κ2) is 6.48. The molecule has 2 saturated carbocycles. The van der Waals surface area contributed by atoms with E-state index in [0.29, 0.717) is 6.04 Å². The van der Waals surface area contributed by atoms with Gasteiger partial charge in [-0.25, -0.2) is 0 Å². The van der Waals surface area contributed by atoms with Gasteiger partial charge in [-0.15, -0.1) is 0 Å². The van der Waals surface area contributed by atoms with Gasteiger partial charge >= 0.3 is 0 Å². The van der Waals surface area contributed by atoms with E-state index in [-0.39, 0.29) is 0 Å². The molecule has 2 heteroatoms. The molecule has 2 aliphatic rings. The van der Waals surface area contributed by atoms with Gasteiger partial charge in [0.2, 0.25) is 0 Å². The molecular formula is C19H30N2. The Hall–Kier alpha value is -0.890. The van der Waals surface area contributed by atoms with Gasteiger partial charge < -0.3 is 5.32 Å². The average Bonchev–Trinajstić information content (AvgIpc) is 3.06. The van der Waals surface area contributed by atoms with Crippen LogP contribution in [0.3, 0.4) is 0 Å². The van der Waals surface area contributed by atoms with Crippen molar-refractivity contribution in [3.05, 3.63) is 29.1 Å². The van der Waals surface area contributed by atoms with Gasteiger partial charge in [-0.2, -0.15) is 0 Å². The second-order valence-corrected chi connectivity index (χ2v) is 7.39. The molecule has 1 aromatic rings. The highest BCUT2D eigenvalue weighted by Gasteiger charge is 2.40. The molecule has 0 spiro atoms. The van der Waals surface area contributed by atoms with Crippen LogP contribution in [0.4, 0.5) is 0 Å². The van der Waals surface area contributed by atoms with Crippen LogP contribution < -0.4 is 5.32 Å². The van der Waals surface area contributed by atoms with Crippen molar-refractivity contribution in [1.29, 1.82) is 0 Å². The number of hydrogen-bond donors (Lipinski definition) is 1. The lowest BCUT2D eigenvalue weighted by Crippen LogP contribution is -2.27. The summed E-state index contributed by atoms with van der Waals surface area (Å²) in [6.45, 7) is 7.70. The first-order valence-corrected chi connectivity index (χ1v) is 8.84.